The monoisotopic (exact) mass is 459 g/mol. The van der Waals surface area contributed by atoms with Crippen molar-refractivity contribution < 1.29 is 46.3 Å². The Bertz CT molecular complexity index is 1130. The highest BCUT2D eigenvalue weighted by atomic mass is 19.4. The topological polar surface area (TPSA) is 84.9 Å². The molecule has 0 radical (unpaired) electrons. The lowest BCUT2D eigenvalue weighted by atomic mass is 9.96. The van der Waals surface area contributed by atoms with Gasteiger partial charge in [0.2, 0.25) is 11.6 Å². The standard InChI is InChI=1S/C21H15F6NO4/c22-17-13(7-10-1-3-11(4-2-10)9-31-30)16(21(25,26)27)18(23)19(24)20(17)32-12-5-6-14(28)15(29)8-12/h1-6,8,29-30H,7,9,28H2. The van der Waals surface area contributed by atoms with Crippen LogP contribution >= 0.6 is 0 Å². The largest absolute Gasteiger partial charge is 0.506 e. The number of alkyl halides is 3. The van der Waals surface area contributed by atoms with Crippen molar-refractivity contribution in [1.29, 1.82) is 0 Å². The van der Waals surface area contributed by atoms with Crippen LogP contribution in [0.15, 0.2) is 42.5 Å². The zero-order chi connectivity index (χ0) is 23.6. The van der Waals surface area contributed by atoms with Gasteiger partial charge in [-0.15, -0.1) is 0 Å². The number of nitrogens with two attached hydrogens (primary N) is 1. The summed E-state index contributed by atoms with van der Waals surface area (Å²) in [6, 6.07) is 8.49. The molecule has 170 valence electrons. The fraction of sp³-hybridized carbons (Fsp3) is 0.143. The fourth-order valence-corrected chi connectivity index (χ4v) is 2.97. The third-order valence-electron chi connectivity index (χ3n) is 4.52. The predicted molar refractivity (Wildman–Crippen MR) is 101 cm³/mol. The second kappa shape index (κ2) is 8.97. The van der Waals surface area contributed by atoms with Crippen LogP contribution in [0.2, 0.25) is 0 Å². The molecule has 0 aromatic heterocycles. The van der Waals surface area contributed by atoms with Gasteiger partial charge in [-0.05, 0) is 23.3 Å². The first-order chi connectivity index (χ1) is 15.0. The van der Waals surface area contributed by atoms with Crippen molar-refractivity contribution in [2.75, 3.05) is 5.73 Å². The van der Waals surface area contributed by atoms with Crippen LogP contribution in [0.4, 0.5) is 32.0 Å². The molecular weight excluding hydrogens is 444 g/mol. The van der Waals surface area contributed by atoms with E-state index in [1.165, 1.54) is 24.3 Å². The average Bonchev–Trinajstić information content (AvgIpc) is 2.72. The molecular formula is C21H15F6NO4. The van der Waals surface area contributed by atoms with Crippen LogP contribution in [0, 0.1) is 17.5 Å². The first-order valence-corrected chi connectivity index (χ1v) is 8.90. The van der Waals surface area contributed by atoms with Crippen LogP contribution in [0.3, 0.4) is 0 Å². The van der Waals surface area contributed by atoms with Crippen LogP contribution in [0.5, 0.6) is 17.2 Å². The number of halogens is 6. The van der Waals surface area contributed by atoms with E-state index in [2.05, 4.69) is 4.89 Å². The highest BCUT2D eigenvalue weighted by Gasteiger charge is 2.42. The number of benzene rings is 3. The Balaban J connectivity index is 2.11. The zero-order valence-corrected chi connectivity index (χ0v) is 16.0. The Morgan fingerprint density at radius 2 is 1.50 bits per heavy atom. The van der Waals surface area contributed by atoms with Crippen LogP contribution in [-0.2, 0) is 24.1 Å². The Morgan fingerprint density at radius 3 is 2.06 bits per heavy atom. The first-order valence-electron chi connectivity index (χ1n) is 8.90. The number of hydrogen-bond acceptors (Lipinski definition) is 5. The van der Waals surface area contributed by atoms with Crippen molar-refractivity contribution >= 4 is 5.69 Å². The summed E-state index contributed by atoms with van der Waals surface area (Å²) < 4.78 is 89.3. The minimum atomic E-state index is -5.40. The molecule has 0 atom stereocenters. The molecule has 0 fully saturated rings. The maximum Gasteiger partial charge on any atom is 0.419 e. The Kier molecular flexibility index (Phi) is 6.51. The van der Waals surface area contributed by atoms with Crippen molar-refractivity contribution in [2.24, 2.45) is 0 Å². The molecule has 11 heteroatoms. The maximum absolute atomic E-state index is 15.1. The van der Waals surface area contributed by atoms with Gasteiger partial charge < -0.3 is 15.6 Å². The van der Waals surface area contributed by atoms with Crippen LogP contribution < -0.4 is 10.5 Å². The fourth-order valence-electron chi connectivity index (χ4n) is 2.97. The third kappa shape index (κ3) is 4.73. The molecule has 5 nitrogen and oxygen atoms in total. The lowest BCUT2D eigenvalue weighted by molar-refractivity contribution is -0.253. The molecule has 0 heterocycles. The van der Waals surface area contributed by atoms with E-state index in [0.29, 0.717) is 5.56 Å². The molecule has 0 unspecified atom stereocenters. The van der Waals surface area contributed by atoms with E-state index in [4.69, 9.17) is 15.7 Å². The van der Waals surface area contributed by atoms with Gasteiger partial charge in [0.1, 0.15) is 23.7 Å². The van der Waals surface area contributed by atoms with Crippen molar-refractivity contribution in [3.05, 3.63) is 82.2 Å². The number of nitrogen functional groups attached to an aromatic ring is 1. The molecule has 3 aromatic carbocycles. The Morgan fingerprint density at radius 1 is 0.875 bits per heavy atom. The quantitative estimate of drug-likeness (QED) is 0.109. The maximum atomic E-state index is 15.1. The van der Waals surface area contributed by atoms with Gasteiger partial charge in [-0.25, -0.2) is 13.7 Å². The number of anilines is 1. The summed E-state index contributed by atoms with van der Waals surface area (Å²) >= 11 is 0. The molecule has 0 aliphatic carbocycles. The molecule has 0 saturated carbocycles. The number of aromatic hydroxyl groups is 1. The molecule has 3 aromatic rings. The predicted octanol–water partition coefficient (Wildman–Crippen LogP) is 5.78. The zero-order valence-electron chi connectivity index (χ0n) is 16.0. The average molecular weight is 459 g/mol. The smallest absolute Gasteiger partial charge is 0.419 e. The van der Waals surface area contributed by atoms with Crippen molar-refractivity contribution in [1.82, 2.24) is 0 Å². The summed E-state index contributed by atoms with van der Waals surface area (Å²) in [6.07, 6.45) is -6.15. The summed E-state index contributed by atoms with van der Waals surface area (Å²) in [5.74, 6) is -8.55. The van der Waals surface area contributed by atoms with E-state index in [-0.39, 0.29) is 23.6 Å². The molecule has 0 aliphatic heterocycles. The summed E-state index contributed by atoms with van der Waals surface area (Å²) in [6.45, 7) is -0.194. The SMILES string of the molecule is Nc1ccc(Oc2c(F)c(F)c(C(F)(F)F)c(Cc3ccc(COO)cc3)c2F)cc1O. The van der Waals surface area contributed by atoms with Gasteiger partial charge in [-0.1, -0.05) is 24.3 Å². The Labute approximate surface area is 177 Å². The van der Waals surface area contributed by atoms with Gasteiger partial charge in [0, 0.05) is 18.1 Å². The lowest BCUT2D eigenvalue weighted by Crippen LogP contribution is -2.17. The summed E-state index contributed by atoms with van der Waals surface area (Å²) in [5, 5.41) is 18.0. The van der Waals surface area contributed by atoms with Gasteiger partial charge >= 0.3 is 6.18 Å². The van der Waals surface area contributed by atoms with Crippen LogP contribution in [0.1, 0.15) is 22.3 Å². The molecule has 0 bridgehead atoms. The highest BCUT2D eigenvalue weighted by molar-refractivity contribution is 5.55. The molecule has 4 N–H and O–H groups in total. The molecule has 0 amide bonds. The number of phenolic OH excluding ortho intramolecular Hbond substituents is 1. The number of ether oxygens (including phenoxy) is 1. The van der Waals surface area contributed by atoms with E-state index < -0.39 is 52.7 Å². The van der Waals surface area contributed by atoms with Gasteiger partial charge in [0.05, 0.1) is 5.69 Å². The molecule has 0 aliphatic rings. The normalized spacial score (nSPS) is 11.6. The number of phenols is 1. The van der Waals surface area contributed by atoms with Crippen LogP contribution in [0.25, 0.3) is 0 Å². The van der Waals surface area contributed by atoms with E-state index in [9.17, 15) is 27.1 Å². The van der Waals surface area contributed by atoms with Crippen molar-refractivity contribution in [2.45, 2.75) is 19.2 Å². The van der Waals surface area contributed by atoms with E-state index in [1.807, 2.05) is 0 Å². The van der Waals surface area contributed by atoms with Gasteiger partial charge in [0.25, 0.3) is 0 Å². The van der Waals surface area contributed by atoms with Crippen molar-refractivity contribution in [3.8, 4) is 17.2 Å². The summed E-state index contributed by atoms with van der Waals surface area (Å²) in [7, 11) is 0. The Hall–Kier alpha value is -3.44. The number of rotatable bonds is 6. The molecule has 32 heavy (non-hydrogen) atoms. The van der Waals surface area contributed by atoms with Crippen molar-refractivity contribution in [3.63, 3.8) is 0 Å². The van der Waals surface area contributed by atoms with Gasteiger partial charge in [-0.3, -0.25) is 5.26 Å². The second-order valence-electron chi connectivity index (χ2n) is 6.71. The molecule has 3 rings (SSSR count). The highest BCUT2D eigenvalue weighted by Crippen LogP contribution is 2.42. The van der Waals surface area contributed by atoms with E-state index in [0.717, 1.165) is 18.2 Å². The summed E-state index contributed by atoms with van der Waals surface area (Å²) in [4.78, 5) is 3.94. The van der Waals surface area contributed by atoms with Gasteiger partial charge in [-0.2, -0.15) is 17.6 Å². The van der Waals surface area contributed by atoms with Gasteiger partial charge in [0.15, 0.2) is 11.6 Å². The second-order valence-corrected chi connectivity index (χ2v) is 6.71. The molecule has 0 spiro atoms. The van der Waals surface area contributed by atoms with Crippen LogP contribution in [-0.4, -0.2) is 10.4 Å². The van der Waals surface area contributed by atoms with E-state index >= 15 is 4.39 Å². The minimum absolute atomic E-state index is 0.0902. The number of hydrogen-bond donors (Lipinski definition) is 3. The third-order valence-corrected chi connectivity index (χ3v) is 4.52. The molecule has 0 saturated heterocycles. The first kappa shape index (κ1) is 23.2. The van der Waals surface area contributed by atoms with E-state index in [1.54, 1.807) is 0 Å². The lowest BCUT2D eigenvalue weighted by Gasteiger charge is -2.19. The minimum Gasteiger partial charge on any atom is -0.506 e. The summed E-state index contributed by atoms with van der Waals surface area (Å²) in [5.41, 5.74) is 2.66.